The van der Waals surface area contributed by atoms with Crippen LogP contribution in [0.25, 0.3) is 0 Å². The van der Waals surface area contributed by atoms with Gasteiger partial charge >= 0.3 is 18.0 Å². The van der Waals surface area contributed by atoms with Crippen LogP contribution in [0.2, 0.25) is 0 Å². The summed E-state index contributed by atoms with van der Waals surface area (Å²) >= 11 is 0. The minimum Gasteiger partial charge on any atom is -0.337 e. The van der Waals surface area contributed by atoms with E-state index in [9.17, 15) is 24.4 Å². The average Bonchev–Trinajstić information content (AvgIpc) is 3.48. The predicted molar refractivity (Wildman–Crippen MR) is 123 cm³/mol. The van der Waals surface area contributed by atoms with E-state index in [0.29, 0.717) is 49.8 Å². The number of imide groups is 2. The normalized spacial score (nSPS) is 23.3. The standard InChI is InChI=1S/C24H35N5O5/c1-18-7-6-14-29(18,22(31)20(16-28(34)17-30)15-19-8-2-3-9-19)24(33)27-23(32)26-13-11-21-10-4-5-12-25-21/h4-5,10,12,17-20,34H,2-3,6-9,11,13-16H2,1H3,(H-,26,27,32,33)/p+1/t18-,20-,29?/m1/s1. The Hall–Kier alpha value is -2.85. The van der Waals surface area contributed by atoms with Gasteiger partial charge in [-0.2, -0.15) is 4.48 Å². The monoisotopic (exact) mass is 474 g/mol. The summed E-state index contributed by atoms with van der Waals surface area (Å²) in [5.41, 5.74) is 0.819. The second-order valence-electron chi connectivity index (χ2n) is 9.49. The first-order valence-corrected chi connectivity index (χ1v) is 12.2. The van der Waals surface area contributed by atoms with Crippen molar-refractivity contribution in [3.8, 4) is 0 Å². The number of pyridine rings is 1. The number of likely N-dealkylation sites (tertiary alicyclic amines) is 1. The zero-order valence-electron chi connectivity index (χ0n) is 19.8. The van der Waals surface area contributed by atoms with Crippen molar-refractivity contribution in [3.05, 3.63) is 30.1 Å². The maximum Gasteiger partial charge on any atom is 0.432 e. The third-order valence-electron chi connectivity index (χ3n) is 7.23. The number of amides is 6. The first-order chi connectivity index (χ1) is 16.4. The Bertz CT molecular complexity index is 861. The first-order valence-electron chi connectivity index (χ1n) is 12.2. The van der Waals surface area contributed by atoms with Gasteiger partial charge in [0.1, 0.15) is 6.04 Å². The molecule has 10 heteroatoms. The number of aromatic nitrogens is 1. The van der Waals surface area contributed by atoms with Gasteiger partial charge in [0.2, 0.25) is 6.41 Å². The highest BCUT2D eigenvalue weighted by atomic mass is 16.5. The average molecular weight is 475 g/mol. The van der Waals surface area contributed by atoms with Crippen LogP contribution >= 0.6 is 0 Å². The molecule has 1 aromatic rings. The molecule has 1 unspecified atom stereocenters. The highest BCUT2D eigenvalue weighted by Gasteiger charge is 2.55. The van der Waals surface area contributed by atoms with E-state index >= 15 is 0 Å². The first kappa shape index (κ1) is 25.8. The van der Waals surface area contributed by atoms with E-state index in [4.69, 9.17) is 0 Å². The molecule has 3 N–H and O–H groups in total. The minimum atomic E-state index is -0.684. The Morgan fingerprint density at radius 2 is 2.00 bits per heavy atom. The van der Waals surface area contributed by atoms with E-state index < -0.39 is 22.5 Å². The molecular formula is C24H36N5O5+. The molecule has 1 saturated carbocycles. The minimum absolute atomic E-state index is 0.158. The fourth-order valence-electron chi connectivity index (χ4n) is 5.39. The Balaban J connectivity index is 1.69. The molecule has 2 heterocycles. The molecule has 2 aliphatic rings. The van der Waals surface area contributed by atoms with Gasteiger partial charge in [-0.05, 0) is 31.4 Å². The lowest BCUT2D eigenvalue weighted by molar-refractivity contribution is -0.786. The lowest BCUT2D eigenvalue weighted by atomic mass is 9.91. The quantitative estimate of drug-likeness (QED) is 0.218. The zero-order chi connectivity index (χ0) is 24.6. The van der Waals surface area contributed by atoms with Gasteiger partial charge in [-0.25, -0.2) is 24.8 Å². The van der Waals surface area contributed by atoms with Gasteiger partial charge in [0.25, 0.3) is 0 Å². The van der Waals surface area contributed by atoms with Gasteiger partial charge in [0.15, 0.2) is 0 Å². The van der Waals surface area contributed by atoms with Crippen molar-refractivity contribution in [2.75, 3.05) is 19.6 Å². The SMILES string of the molecule is C[C@@H]1CCC[N+]1(C(=O)NC(=O)NCCc1ccccn1)C(=O)[C@H](CC1CCCC1)CN(O)C=O. The maximum absolute atomic E-state index is 13.9. The van der Waals surface area contributed by atoms with E-state index in [1.807, 2.05) is 25.1 Å². The number of hydrogen-bond acceptors (Lipinski definition) is 6. The van der Waals surface area contributed by atoms with E-state index in [0.717, 1.165) is 31.4 Å². The van der Waals surface area contributed by atoms with Crippen LogP contribution in [-0.2, 0) is 16.0 Å². The molecule has 0 aromatic carbocycles. The van der Waals surface area contributed by atoms with Gasteiger partial charge in [0, 0.05) is 37.7 Å². The summed E-state index contributed by atoms with van der Waals surface area (Å²) in [5.74, 6) is -0.696. The van der Waals surface area contributed by atoms with Crippen LogP contribution in [-0.4, -0.2) is 69.8 Å². The van der Waals surface area contributed by atoms with Crippen molar-refractivity contribution in [3.63, 3.8) is 0 Å². The van der Waals surface area contributed by atoms with Crippen LogP contribution < -0.4 is 10.6 Å². The van der Waals surface area contributed by atoms with Crippen molar-refractivity contribution in [1.82, 2.24) is 20.7 Å². The summed E-state index contributed by atoms with van der Waals surface area (Å²) in [4.78, 5) is 55.0. The van der Waals surface area contributed by atoms with Gasteiger partial charge in [-0.1, -0.05) is 31.7 Å². The summed E-state index contributed by atoms with van der Waals surface area (Å²) in [6.45, 7) is 2.27. The van der Waals surface area contributed by atoms with E-state index in [1.165, 1.54) is 0 Å². The second kappa shape index (κ2) is 12.0. The fraction of sp³-hybridized carbons (Fsp3) is 0.625. The predicted octanol–water partition coefficient (Wildman–Crippen LogP) is 2.61. The number of hydroxylamine groups is 2. The van der Waals surface area contributed by atoms with Crippen molar-refractivity contribution in [2.45, 2.75) is 64.3 Å². The highest BCUT2D eigenvalue weighted by Crippen LogP contribution is 2.35. The lowest BCUT2D eigenvalue weighted by Gasteiger charge is -2.36. The molecule has 0 spiro atoms. The molecule has 34 heavy (non-hydrogen) atoms. The summed E-state index contributed by atoms with van der Waals surface area (Å²) < 4.78 is -0.488. The zero-order valence-corrected chi connectivity index (χ0v) is 19.8. The molecule has 3 atom stereocenters. The summed E-state index contributed by atoms with van der Waals surface area (Å²) in [5, 5.41) is 15.4. The summed E-state index contributed by atoms with van der Waals surface area (Å²) in [7, 11) is 0. The molecule has 186 valence electrons. The second-order valence-corrected chi connectivity index (χ2v) is 9.49. The van der Waals surface area contributed by atoms with Gasteiger partial charge in [0.05, 0.1) is 19.0 Å². The van der Waals surface area contributed by atoms with E-state index in [2.05, 4.69) is 15.6 Å². The topological polar surface area (TPSA) is 129 Å². The molecule has 1 aliphatic heterocycles. The Labute approximate surface area is 200 Å². The number of carbonyl (C=O) groups excluding carboxylic acids is 4. The summed E-state index contributed by atoms with van der Waals surface area (Å²) in [6.07, 6.45) is 8.51. The number of hydrogen-bond donors (Lipinski definition) is 3. The molecule has 0 radical (unpaired) electrons. The Kier molecular flexibility index (Phi) is 9.12. The van der Waals surface area contributed by atoms with E-state index in [-0.39, 0.29) is 24.9 Å². The van der Waals surface area contributed by atoms with Crippen LogP contribution in [0.1, 0.15) is 57.6 Å². The van der Waals surface area contributed by atoms with Crippen LogP contribution in [0.5, 0.6) is 0 Å². The molecule has 0 bridgehead atoms. The highest BCUT2D eigenvalue weighted by molar-refractivity contribution is 5.95. The van der Waals surface area contributed by atoms with Crippen molar-refractivity contribution < 1.29 is 28.9 Å². The van der Waals surface area contributed by atoms with E-state index in [1.54, 1.807) is 6.20 Å². The van der Waals surface area contributed by atoms with Crippen LogP contribution in [0.4, 0.5) is 9.59 Å². The maximum atomic E-state index is 13.9. The fourth-order valence-corrected chi connectivity index (χ4v) is 5.39. The van der Waals surface area contributed by atoms with Crippen molar-refractivity contribution in [2.24, 2.45) is 11.8 Å². The number of rotatable bonds is 9. The molecule has 2 fully saturated rings. The lowest BCUT2D eigenvalue weighted by Crippen LogP contribution is -2.66. The number of carbonyl (C=O) groups is 4. The van der Waals surface area contributed by atoms with Gasteiger partial charge in [-0.3, -0.25) is 15.0 Å². The largest absolute Gasteiger partial charge is 0.432 e. The van der Waals surface area contributed by atoms with Crippen LogP contribution in [0.15, 0.2) is 24.4 Å². The van der Waals surface area contributed by atoms with Gasteiger partial charge < -0.3 is 5.32 Å². The molecule has 10 nitrogen and oxygen atoms in total. The molecule has 1 saturated heterocycles. The van der Waals surface area contributed by atoms with Crippen molar-refractivity contribution >= 4 is 24.4 Å². The van der Waals surface area contributed by atoms with Crippen LogP contribution in [0.3, 0.4) is 0 Å². The number of nitrogens with one attached hydrogen (secondary N) is 2. The number of nitrogens with zero attached hydrogens (tertiary/aromatic N) is 3. The third-order valence-corrected chi connectivity index (χ3v) is 7.23. The smallest absolute Gasteiger partial charge is 0.337 e. The number of urea groups is 2. The number of quaternary nitrogens is 1. The molecule has 1 aliphatic carbocycles. The Morgan fingerprint density at radius 3 is 2.62 bits per heavy atom. The molecule has 6 amide bonds. The third kappa shape index (κ3) is 6.18. The molecular weight excluding hydrogens is 438 g/mol. The van der Waals surface area contributed by atoms with Crippen molar-refractivity contribution in [1.29, 1.82) is 0 Å². The van der Waals surface area contributed by atoms with Crippen LogP contribution in [0, 0.1) is 11.8 Å². The Morgan fingerprint density at radius 1 is 1.24 bits per heavy atom. The summed E-state index contributed by atoms with van der Waals surface area (Å²) in [6, 6.07) is 3.91. The molecule has 1 aromatic heterocycles. The molecule has 3 rings (SSSR count). The van der Waals surface area contributed by atoms with Gasteiger partial charge in [-0.15, -0.1) is 0 Å².